The minimum atomic E-state index is -1.18. The van der Waals surface area contributed by atoms with E-state index in [1.165, 1.54) is 11.0 Å². The summed E-state index contributed by atoms with van der Waals surface area (Å²) in [5.74, 6) is -2.94. The number of alkyl halides is 1. The molecule has 3 rings (SSSR count). The first-order valence-corrected chi connectivity index (χ1v) is 12.4. The Hall–Kier alpha value is -1.71. The number of carbonyl (C=O) groups excluding carboxylic acids is 3. The molecule has 0 aromatic rings. The highest BCUT2D eigenvalue weighted by Gasteiger charge is 2.77. The lowest BCUT2D eigenvalue weighted by Crippen LogP contribution is -2.60. The van der Waals surface area contributed by atoms with Gasteiger partial charge in [-0.1, -0.05) is 48.5 Å². The van der Waals surface area contributed by atoms with Crippen molar-refractivity contribution in [2.75, 3.05) is 19.8 Å². The van der Waals surface area contributed by atoms with Crippen LogP contribution in [0.5, 0.6) is 0 Å². The van der Waals surface area contributed by atoms with Gasteiger partial charge in [0.25, 0.3) is 0 Å². The SMILES string of the molecule is C=CCOC(=O)[C@H]1[C@H]2C(=O)N([C@@H](CO)C(C)C)C(C(=O)N(CC=C)C(C)C)C23CC(Br)[C@@H]1O3. The first kappa shape index (κ1) is 25.9. The first-order valence-electron chi connectivity index (χ1n) is 11.5. The molecule has 33 heavy (non-hydrogen) atoms. The molecular weight excluding hydrogens is 492 g/mol. The van der Waals surface area contributed by atoms with Gasteiger partial charge in [0.05, 0.1) is 30.6 Å². The molecule has 0 aromatic carbocycles. The van der Waals surface area contributed by atoms with E-state index in [0.717, 1.165) is 0 Å². The van der Waals surface area contributed by atoms with Gasteiger partial charge in [0.2, 0.25) is 11.8 Å². The first-order chi connectivity index (χ1) is 15.6. The lowest BCUT2D eigenvalue weighted by Gasteiger charge is -2.41. The quantitative estimate of drug-likeness (QED) is 0.265. The fourth-order valence-electron chi connectivity index (χ4n) is 5.68. The highest BCUT2D eigenvalue weighted by molar-refractivity contribution is 9.09. The number of ether oxygens (including phenoxy) is 2. The van der Waals surface area contributed by atoms with Gasteiger partial charge in [0.15, 0.2) is 0 Å². The second kappa shape index (κ2) is 9.88. The summed E-state index contributed by atoms with van der Waals surface area (Å²) in [7, 11) is 0. The Balaban J connectivity index is 2.14. The smallest absolute Gasteiger partial charge is 0.312 e. The van der Waals surface area contributed by atoms with E-state index in [2.05, 4.69) is 29.1 Å². The Morgan fingerprint density at radius 3 is 2.52 bits per heavy atom. The van der Waals surface area contributed by atoms with Gasteiger partial charge in [-0.3, -0.25) is 14.4 Å². The summed E-state index contributed by atoms with van der Waals surface area (Å²) < 4.78 is 11.8. The van der Waals surface area contributed by atoms with Crippen LogP contribution in [0.15, 0.2) is 25.3 Å². The zero-order valence-electron chi connectivity index (χ0n) is 19.8. The monoisotopic (exact) mass is 526 g/mol. The summed E-state index contributed by atoms with van der Waals surface area (Å²) in [5.41, 5.74) is -1.18. The topological polar surface area (TPSA) is 96.4 Å². The molecule has 3 heterocycles. The van der Waals surface area contributed by atoms with Crippen molar-refractivity contribution >= 4 is 33.7 Å². The van der Waals surface area contributed by atoms with Crippen molar-refractivity contribution in [3.63, 3.8) is 0 Å². The number of rotatable bonds is 10. The minimum absolute atomic E-state index is 0.0285. The number of fused-ring (bicyclic) bond motifs is 1. The molecule has 8 nitrogen and oxygen atoms in total. The predicted octanol–water partition coefficient (Wildman–Crippen LogP) is 1.90. The van der Waals surface area contributed by atoms with E-state index in [1.807, 2.05) is 27.7 Å². The number of aliphatic hydroxyl groups is 1. The summed E-state index contributed by atoms with van der Waals surface area (Å²) in [5, 5.41) is 10.2. The molecule has 3 aliphatic heterocycles. The second-order valence-corrected chi connectivity index (χ2v) is 10.9. The predicted molar refractivity (Wildman–Crippen MR) is 126 cm³/mol. The van der Waals surface area contributed by atoms with Crippen LogP contribution in [0.2, 0.25) is 0 Å². The fraction of sp³-hybridized carbons (Fsp3) is 0.708. The molecule has 3 unspecified atom stereocenters. The number of esters is 1. The molecule has 0 aliphatic carbocycles. The normalized spacial score (nSPS) is 33.4. The zero-order valence-corrected chi connectivity index (χ0v) is 21.4. The van der Waals surface area contributed by atoms with Gasteiger partial charge in [0, 0.05) is 17.4 Å². The van der Waals surface area contributed by atoms with Crippen LogP contribution in [0.1, 0.15) is 34.1 Å². The molecule has 2 amide bonds. The lowest BCUT2D eigenvalue weighted by molar-refractivity contribution is -0.156. The minimum Gasteiger partial charge on any atom is -0.461 e. The Morgan fingerprint density at radius 1 is 1.33 bits per heavy atom. The van der Waals surface area contributed by atoms with Crippen molar-refractivity contribution < 1.29 is 29.0 Å². The number of carbonyl (C=O) groups is 3. The van der Waals surface area contributed by atoms with Crippen LogP contribution in [-0.4, -0.2) is 87.1 Å². The van der Waals surface area contributed by atoms with Crippen LogP contribution in [-0.2, 0) is 23.9 Å². The molecule has 7 atom stereocenters. The summed E-state index contributed by atoms with van der Waals surface area (Å²) in [6.45, 7) is 15.0. The van der Waals surface area contributed by atoms with Crippen molar-refractivity contribution in [3.05, 3.63) is 25.3 Å². The van der Waals surface area contributed by atoms with Gasteiger partial charge in [-0.25, -0.2) is 0 Å². The average Bonchev–Trinajstić information content (AvgIpc) is 3.34. The Morgan fingerprint density at radius 2 is 2.00 bits per heavy atom. The van der Waals surface area contributed by atoms with E-state index in [4.69, 9.17) is 9.47 Å². The average molecular weight is 527 g/mol. The van der Waals surface area contributed by atoms with E-state index in [1.54, 1.807) is 11.0 Å². The molecule has 0 radical (unpaired) electrons. The number of halogens is 1. The summed E-state index contributed by atoms with van der Waals surface area (Å²) in [6, 6.07) is -1.69. The van der Waals surface area contributed by atoms with Crippen molar-refractivity contribution in [1.29, 1.82) is 0 Å². The molecule has 3 aliphatic rings. The third-order valence-corrected chi connectivity index (χ3v) is 7.97. The molecule has 1 N–H and O–H groups in total. The Bertz CT molecular complexity index is 817. The van der Waals surface area contributed by atoms with Gasteiger partial charge in [-0.2, -0.15) is 0 Å². The molecule has 184 valence electrons. The highest BCUT2D eigenvalue weighted by Crippen LogP contribution is 2.61. The maximum absolute atomic E-state index is 14.0. The maximum atomic E-state index is 14.0. The number of nitrogens with zero attached hydrogens (tertiary/aromatic N) is 2. The highest BCUT2D eigenvalue weighted by atomic mass is 79.9. The van der Waals surface area contributed by atoms with Gasteiger partial charge in [-0.05, 0) is 26.2 Å². The van der Waals surface area contributed by atoms with Crippen molar-refractivity contribution in [3.8, 4) is 0 Å². The number of hydrogen-bond acceptors (Lipinski definition) is 6. The summed E-state index contributed by atoms with van der Waals surface area (Å²) in [6.07, 6.45) is 2.95. The van der Waals surface area contributed by atoms with E-state index in [9.17, 15) is 19.5 Å². The molecule has 3 saturated heterocycles. The van der Waals surface area contributed by atoms with Gasteiger partial charge >= 0.3 is 5.97 Å². The van der Waals surface area contributed by atoms with Crippen molar-refractivity contribution in [1.82, 2.24) is 9.80 Å². The van der Waals surface area contributed by atoms with Crippen LogP contribution in [0.25, 0.3) is 0 Å². The van der Waals surface area contributed by atoms with Gasteiger partial charge in [0.1, 0.15) is 18.2 Å². The van der Waals surface area contributed by atoms with Crippen molar-refractivity contribution in [2.45, 2.75) is 68.8 Å². The molecule has 0 aromatic heterocycles. The zero-order chi connectivity index (χ0) is 24.7. The molecule has 3 fully saturated rings. The van der Waals surface area contributed by atoms with E-state index < -0.39 is 41.6 Å². The van der Waals surface area contributed by atoms with Crippen LogP contribution < -0.4 is 0 Å². The van der Waals surface area contributed by atoms with Gasteiger partial charge in [-0.15, -0.1) is 6.58 Å². The van der Waals surface area contributed by atoms with Gasteiger partial charge < -0.3 is 24.4 Å². The molecular formula is C24H35BrN2O6. The number of likely N-dealkylation sites (tertiary alicyclic amines) is 1. The third-order valence-electron chi connectivity index (χ3n) is 7.12. The summed E-state index contributed by atoms with van der Waals surface area (Å²) in [4.78, 5) is 43.9. The maximum Gasteiger partial charge on any atom is 0.312 e. The molecule has 1 spiro atoms. The van der Waals surface area contributed by atoms with Crippen LogP contribution >= 0.6 is 15.9 Å². The van der Waals surface area contributed by atoms with Crippen molar-refractivity contribution in [2.24, 2.45) is 17.8 Å². The largest absolute Gasteiger partial charge is 0.461 e. The molecule has 9 heteroatoms. The number of aliphatic hydroxyl groups excluding tert-OH is 1. The van der Waals surface area contributed by atoms with Crippen LogP contribution in [0.4, 0.5) is 0 Å². The standard InChI is InChI=1S/C24H35BrN2O6/c1-7-9-26(14(5)6)22(30)20-24-11-15(25)19(33-24)17(23(31)32-10-8-2)18(24)21(29)27(20)16(12-28)13(3)4/h7-8,13-20,28H,1-2,9-12H2,3-6H3/t15?,16-,17-,18-,19-,20?,24?/m0/s1. The van der Waals surface area contributed by atoms with Crippen LogP contribution in [0.3, 0.4) is 0 Å². The fourth-order valence-corrected chi connectivity index (χ4v) is 6.62. The molecule has 0 saturated carbocycles. The molecule has 2 bridgehead atoms. The van der Waals surface area contributed by atoms with E-state index in [0.29, 0.717) is 13.0 Å². The second-order valence-electron chi connectivity index (χ2n) is 9.69. The van der Waals surface area contributed by atoms with E-state index >= 15 is 0 Å². The number of amides is 2. The van der Waals surface area contributed by atoms with E-state index in [-0.39, 0.29) is 41.8 Å². The Labute approximate surface area is 204 Å². The van der Waals surface area contributed by atoms with Crippen LogP contribution in [0, 0.1) is 17.8 Å². The summed E-state index contributed by atoms with van der Waals surface area (Å²) >= 11 is 3.63. The number of hydrogen-bond donors (Lipinski definition) is 1. The lowest BCUT2D eigenvalue weighted by atomic mass is 9.70. The third kappa shape index (κ3) is 4.06. The Kier molecular flexibility index (Phi) is 7.75.